The van der Waals surface area contributed by atoms with Gasteiger partial charge in [-0.2, -0.15) is 0 Å². The van der Waals surface area contributed by atoms with Crippen LogP contribution in [0.4, 0.5) is 0 Å². The number of likely N-dealkylation sites (tertiary alicyclic amines) is 1. The van der Waals surface area contributed by atoms with Crippen LogP contribution in [0.5, 0.6) is 0 Å². The van der Waals surface area contributed by atoms with Gasteiger partial charge < -0.3 is 4.90 Å². The molecule has 1 aliphatic rings. The van der Waals surface area contributed by atoms with Crippen molar-refractivity contribution in [3.63, 3.8) is 0 Å². The zero-order valence-electron chi connectivity index (χ0n) is 16.5. The van der Waals surface area contributed by atoms with E-state index in [4.69, 9.17) is 0 Å². The maximum Gasteiger partial charge on any atom is 0.223 e. The van der Waals surface area contributed by atoms with Crippen LogP contribution in [0.25, 0.3) is 0 Å². The van der Waals surface area contributed by atoms with Crippen molar-refractivity contribution in [3.8, 4) is 0 Å². The Balaban J connectivity index is 1.40. The third-order valence-electron chi connectivity index (χ3n) is 5.67. The molecule has 144 valence electrons. The lowest BCUT2D eigenvalue weighted by molar-refractivity contribution is -0.132. The molecule has 0 N–H and O–H groups in total. The Labute approximate surface area is 164 Å². The predicted octanol–water partition coefficient (Wildman–Crippen LogP) is 4.38. The standard InChI is InChI=1S/C24H32N2O/c1-2-25(20-23-11-7-4-8-12-23)16-15-24(27)26-17-13-22(14-18-26)19-21-9-5-3-6-10-21/h3-12,22H,2,13-20H2,1H3. The molecular formula is C24H32N2O. The first-order valence-electron chi connectivity index (χ1n) is 10.3. The molecule has 0 unspecified atom stereocenters. The molecule has 3 nitrogen and oxygen atoms in total. The molecule has 27 heavy (non-hydrogen) atoms. The summed E-state index contributed by atoms with van der Waals surface area (Å²) in [5.41, 5.74) is 2.73. The molecule has 0 spiro atoms. The highest BCUT2D eigenvalue weighted by atomic mass is 16.2. The number of nitrogens with zero attached hydrogens (tertiary/aromatic N) is 2. The van der Waals surface area contributed by atoms with E-state index in [9.17, 15) is 4.79 Å². The van der Waals surface area contributed by atoms with Gasteiger partial charge in [0.15, 0.2) is 0 Å². The fourth-order valence-electron chi connectivity index (χ4n) is 3.94. The topological polar surface area (TPSA) is 23.6 Å². The third-order valence-corrected chi connectivity index (χ3v) is 5.67. The number of piperidine rings is 1. The third kappa shape index (κ3) is 6.21. The van der Waals surface area contributed by atoms with Gasteiger partial charge in [0.1, 0.15) is 0 Å². The van der Waals surface area contributed by atoms with Crippen LogP contribution < -0.4 is 0 Å². The molecule has 0 radical (unpaired) electrons. The molecule has 0 saturated carbocycles. The van der Waals surface area contributed by atoms with Crippen molar-refractivity contribution in [1.82, 2.24) is 9.80 Å². The van der Waals surface area contributed by atoms with Gasteiger partial charge in [0.25, 0.3) is 0 Å². The van der Waals surface area contributed by atoms with Gasteiger partial charge in [-0.25, -0.2) is 0 Å². The Bertz CT molecular complexity index is 678. The van der Waals surface area contributed by atoms with E-state index in [0.717, 1.165) is 52.0 Å². The Morgan fingerprint density at radius 1 is 0.963 bits per heavy atom. The molecule has 0 aromatic heterocycles. The number of carbonyl (C=O) groups excluding carboxylic acids is 1. The van der Waals surface area contributed by atoms with Crippen LogP contribution in [-0.4, -0.2) is 41.9 Å². The summed E-state index contributed by atoms with van der Waals surface area (Å²) in [7, 11) is 0. The first-order chi connectivity index (χ1) is 13.2. The second-order valence-electron chi connectivity index (χ2n) is 7.62. The summed E-state index contributed by atoms with van der Waals surface area (Å²) in [6.07, 6.45) is 4.03. The van der Waals surface area contributed by atoms with Crippen LogP contribution in [0.2, 0.25) is 0 Å². The SMILES string of the molecule is CCN(CCC(=O)N1CCC(Cc2ccccc2)CC1)Cc1ccccc1. The average molecular weight is 365 g/mol. The van der Waals surface area contributed by atoms with Crippen molar-refractivity contribution < 1.29 is 4.79 Å². The fraction of sp³-hybridized carbons (Fsp3) is 0.458. The summed E-state index contributed by atoms with van der Waals surface area (Å²) in [4.78, 5) is 17.1. The summed E-state index contributed by atoms with van der Waals surface area (Å²) < 4.78 is 0. The number of hydrogen-bond acceptors (Lipinski definition) is 2. The molecule has 0 bridgehead atoms. The minimum Gasteiger partial charge on any atom is -0.343 e. The first kappa shape index (κ1) is 19.6. The summed E-state index contributed by atoms with van der Waals surface area (Å²) >= 11 is 0. The summed E-state index contributed by atoms with van der Waals surface area (Å²) in [6, 6.07) is 21.2. The van der Waals surface area contributed by atoms with Gasteiger partial charge in [-0.15, -0.1) is 0 Å². The van der Waals surface area contributed by atoms with Gasteiger partial charge >= 0.3 is 0 Å². The molecule has 1 aliphatic heterocycles. The molecule has 1 amide bonds. The smallest absolute Gasteiger partial charge is 0.223 e. The molecule has 3 rings (SSSR count). The average Bonchev–Trinajstić information content (AvgIpc) is 2.73. The second kappa shape index (κ2) is 10.3. The Morgan fingerprint density at radius 3 is 2.15 bits per heavy atom. The number of hydrogen-bond donors (Lipinski definition) is 0. The minimum atomic E-state index is 0.319. The van der Waals surface area contributed by atoms with Crippen molar-refractivity contribution in [2.75, 3.05) is 26.2 Å². The number of rotatable bonds is 8. The first-order valence-corrected chi connectivity index (χ1v) is 10.3. The van der Waals surface area contributed by atoms with E-state index in [2.05, 4.69) is 71.3 Å². The lowest BCUT2D eigenvalue weighted by Gasteiger charge is -2.32. The van der Waals surface area contributed by atoms with Crippen LogP contribution in [0, 0.1) is 5.92 Å². The lowest BCUT2D eigenvalue weighted by Crippen LogP contribution is -2.40. The second-order valence-corrected chi connectivity index (χ2v) is 7.62. The van der Waals surface area contributed by atoms with E-state index < -0.39 is 0 Å². The molecule has 0 aliphatic carbocycles. The Morgan fingerprint density at radius 2 is 1.56 bits per heavy atom. The zero-order valence-corrected chi connectivity index (χ0v) is 16.5. The minimum absolute atomic E-state index is 0.319. The van der Waals surface area contributed by atoms with Gasteiger partial charge in [0.05, 0.1) is 0 Å². The Hall–Kier alpha value is -2.13. The highest BCUT2D eigenvalue weighted by molar-refractivity contribution is 5.76. The van der Waals surface area contributed by atoms with Gasteiger partial charge in [-0.3, -0.25) is 9.69 Å². The van der Waals surface area contributed by atoms with E-state index >= 15 is 0 Å². The van der Waals surface area contributed by atoms with E-state index in [1.807, 2.05) is 6.07 Å². The fourth-order valence-corrected chi connectivity index (χ4v) is 3.94. The molecule has 1 saturated heterocycles. The molecule has 2 aromatic carbocycles. The van der Waals surface area contributed by atoms with Gasteiger partial charge in [-0.05, 0) is 42.9 Å². The molecule has 2 aromatic rings. The van der Waals surface area contributed by atoms with Gasteiger partial charge in [-0.1, -0.05) is 67.6 Å². The van der Waals surface area contributed by atoms with Gasteiger partial charge in [0.2, 0.25) is 5.91 Å². The van der Waals surface area contributed by atoms with Crippen molar-refractivity contribution in [3.05, 3.63) is 71.8 Å². The molecule has 3 heteroatoms. The lowest BCUT2D eigenvalue weighted by atomic mass is 9.90. The molecule has 1 heterocycles. The van der Waals surface area contributed by atoms with E-state index in [1.54, 1.807) is 0 Å². The van der Waals surface area contributed by atoms with Crippen molar-refractivity contribution in [2.45, 2.75) is 39.2 Å². The van der Waals surface area contributed by atoms with Crippen LogP contribution in [0.15, 0.2) is 60.7 Å². The Kier molecular flexibility index (Phi) is 7.46. The largest absolute Gasteiger partial charge is 0.343 e. The molecule has 1 fully saturated rings. The van der Waals surface area contributed by atoms with E-state index in [-0.39, 0.29) is 0 Å². The van der Waals surface area contributed by atoms with E-state index in [0.29, 0.717) is 18.2 Å². The number of carbonyl (C=O) groups is 1. The van der Waals surface area contributed by atoms with Crippen LogP contribution in [0.1, 0.15) is 37.3 Å². The molecular weight excluding hydrogens is 332 g/mol. The van der Waals surface area contributed by atoms with Crippen molar-refractivity contribution in [2.24, 2.45) is 5.92 Å². The highest BCUT2D eigenvalue weighted by Crippen LogP contribution is 2.22. The molecule has 0 atom stereocenters. The monoisotopic (exact) mass is 364 g/mol. The van der Waals surface area contributed by atoms with Crippen LogP contribution >= 0.6 is 0 Å². The van der Waals surface area contributed by atoms with Gasteiger partial charge in [0, 0.05) is 32.6 Å². The van der Waals surface area contributed by atoms with Crippen LogP contribution in [-0.2, 0) is 17.8 Å². The maximum atomic E-state index is 12.6. The predicted molar refractivity (Wildman–Crippen MR) is 111 cm³/mol. The number of benzene rings is 2. The van der Waals surface area contributed by atoms with Crippen LogP contribution in [0.3, 0.4) is 0 Å². The maximum absolute atomic E-state index is 12.6. The zero-order chi connectivity index (χ0) is 18.9. The summed E-state index contributed by atoms with van der Waals surface area (Å²) in [6.45, 7) is 6.74. The summed E-state index contributed by atoms with van der Waals surface area (Å²) in [5, 5.41) is 0. The quantitative estimate of drug-likeness (QED) is 0.694. The summed E-state index contributed by atoms with van der Waals surface area (Å²) in [5.74, 6) is 1.03. The number of amides is 1. The van der Waals surface area contributed by atoms with Crippen molar-refractivity contribution >= 4 is 5.91 Å². The van der Waals surface area contributed by atoms with E-state index in [1.165, 1.54) is 11.1 Å². The highest BCUT2D eigenvalue weighted by Gasteiger charge is 2.23. The normalized spacial score (nSPS) is 15.3. The van der Waals surface area contributed by atoms with Crippen molar-refractivity contribution in [1.29, 1.82) is 0 Å².